The van der Waals surface area contributed by atoms with Gasteiger partial charge in [-0.15, -0.1) is 0 Å². The first kappa shape index (κ1) is 17.3. The van der Waals surface area contributed by atoms with Crippen molar-refractivity contribution in [2.45, 2.75) is 87.9 Å². The molecule has 6 saturated carbocycles. The molecular formula is C22H29N3O3. The van der Waals surface area contributed by atoms with Crippen LogP contribution in [0.3, 0.4) is 0 Å². The van der Waals surface area contributed by atoms with Crippen molar-refractivity contribution in [3.05, 3.63) is 23.8 Å². The van der Waals surface area contributed by atoms with Crippen LogP contribution in [0.1, 0.15) is 86.2 Å². The number of nitrogens with zero attached hydrogens (tertiary/aromatic N) is 3. The summed E-state index contributed by atoms with van der Waals surface area (Å²) < 4.78 is 0. The van der Waals surface area contributed by atoms with Gasteiger partial charge in [-0.05, 0) is 82.0 Å². The van der Waals surface area contributed by atoms with Crippen LogP contribution in [0, 0.1) is 17.8 Å². The summed E-state index contributed by atoms with van der Waals surface area (Å²) in [6.45, 7) is 0. The van der Waals surface area contributed by atoms with Crippen molar-refractivity contribution in [1.82, 2.24) is 15.0 Å². The van der Waals surface area contributed by atoms with E-state index in [1.54, 1.807) is 17.6 Å². The zero-order chi connectivity index (χ0) is 18.9. The second-order valence-corrected chi connectivity index (χ2v) is 10.1. The smallest absolute Gasteiger partial charge is 0.281 e. The van der Waals surface area contributed by atoms with E-state index in [0.717, 1.165) is 63.5 Å². The average Bonchev–Trinajstić information content (AvgIpc) is 3.45. The lowest BCUT2D eigenvalue weighted by Crippen LogP contribution is -2.63. The monoisotopic (exact) mass is 383 g/mol. The van der Waals surface area contributed by atoms with Crippen molar-refractivity contribution >= 4 is 5.91 Å². The third kappa shape index (κ3) is 2.79. The first-order chi connectivity index (χ1) is 13.6. The second kappa shape index (κ2) is 6.23. The zero-order valence-electron chi connectivity index (χ0n) is 16.3. The maximum atomic E-state index is 13.7. The van der Waals surface area contributed by atoms with E-state index in [4.69, 9.17) is 4.84 Å². The van der Waals surface area contributed by atoms with Crippen LogP contribution in [0.15, 0.2) is 12.5 Å². The lowest BCUT2D eigenvalue weighted by Gasteiger charge is -2.59. The molecule has 1 aromatic rings. The third-order valence-corrected chi connectivity index (χ3v) is 7.91. The molecule has 0 radical (unpaired) electrons. The van der Waals surface area contributed by atoms with E-state index in [-0.39, 0.29) is 18.1 Å². The molecule has 0 aliphatic heterocycles. The molecule has 1 amide bonds. The van der Waals surface area contributed by atoms with Crippen molar-refractivity contribution in [2.24, 2.45) is 17.8 Å². The molecule has 6 heteroatoms. The molecule has 1 aromatic heterocycles. The molecule has 7 rings (SSSR count). The summed E-state index contributed by atoms with van der Waals surface area (Å²) >= 11 is 0. The van der Waals surface area contributed by atoms with E-state index in [0.29, 0.717) is 29.2 Å². The Labute approximate surface area is 165 Å². The topological polar surface area (TPSA) is 75.6 Å². The van der Waals surface area contributed by atoms with Gasteiger partial charge in [-0.1, -0.05) is 0 Å². The molecule has 6 aliphatic rings. The van der Waals surface area contributed by atoms with Gasteiger partial charge in [-0.2, -0.15) is 0 Å². The van der Waals surface area contributed by atoms with Gasteiger partial charge in [-0.25, -0.2) is 15.0 Å². The number of hydrogen-bond acceptors (Lipinski definition) is 5. The van der Waals surface area contributed by atoms with E-state index >= 15 is 0 Å². The van der Waals surface area contributed by atoms with Crippen LogP contribution in [-0.4, -0.2) is 43.8 Å². The summed E-state index contributed by atoms with van der Waals surface area (Å²) in [5.74, 6) is 1.63. The lowest BCUT2D eigenvalue weighted by atomic mass is 9.52. The Balaban J connectivity index is 1.34. The molecular weight excluding hydrogens is 354 g/mol. The number of hydrogen-bond donors (Lipinski definition) is 1. The molecule has 2 atom stereocenters. The number of rotatable bonds is 5. The third-order valence-electron chi connectivity index (χ3n) is 7.91. The molecule has 1 heterocycles. The van der Waals surface area contributed by atoms with E-state index in [1.807, 2.05) is 0 Å². The molecule has 2 unspecified atom stereocenters. The summed E-state index contributed by atoms with van der Waals surface area (Å²) in [5, 5.41) is 12.7. The molecule has 1 N–H and O–H groups in total. The first-order valence-corrected chi connectivity index (χ1v) is 11.1. The number of carbonyl (C=O) groups is 1. The van der Waals surface area contributed by atoms with Crippen LogP contribution in [0.2, 0.25) is 0 Å². The molecule has 4 bridgehead atoms. The van der Waals surface area contributed by atoms with Crippen LogP contribution in [0.4, 0.5) is 0 Å². The highest BCUT2D eigenvalue weighted by atomic mass is 16.7. The number of hydroxylamine groups is 2. The Morgan fingerprint density at radius 1 is 1.14 bits per heavy atom. The molecule has 6 fully saturated rings. The lowest BCUT2D eigenvalue weighted by molar-refractivity contribution is -0.256. The van der Waals surface area contributed by atoms with E-state index in [2.05, 4.69) is 9.97 Å². The van der Waals surface area contributed by atoms with Crippen molar-refractivity contribution in [2.75, 3.05) is 0 Å². The maximum Gasteiger partial charge on any atom is 0.281 e. The van der Waals surface area contributed by atoms with Gasteiger partial charge in [0.15, 0.2) is 0 Å². The molecule has 0 saturated heterocycles. The van der Waals surface area contributed by atoms with E-state index in [1.165, 1.54) is 6.42 Å². The van der Waals surface area contributed by atoms with E-state index in [9.17, 15) is 9.90 Å². The summed E-state index contributed by atoms with van der Waals surface area (Å²) in [6, 6.07) is 0.0807. The number of aromatic nitrogens is 2. The standard InChI is InChI=1S/C22H29N3O3/c26-21(18-11-23-12-24-19(18)14-4-5-14)25(28-17-2-1-3-17)20-15-6-13-7-16(20)10-22(27,8-13)9-15/h11-17,20,27H,1-10H2/t13?,15?,16?,20-,22+. The normalized spacial score (nSPS) is 39.0. The molecule has 28 heavy (non-hydrogen) atoms. The molecule has 0 aromatic carbocycles. The largest absolute Gasteiger partial charge is 0.390 e. The summed E-state index contributed by atoms with van der Waals surface area (Å²) in [6.07, 6.45) is 13.6. The van der Waals surface area contributed by atoms with Crippen molar-refractivity contribution < 1.29 is 14.7 Å². The van der Waals surface area contributed by atoms with Crippen molar-refractivity contribution in [3.8, 4) is 0 Å². The minimum Gasteiger partial charge on any atom is -0.390 e. The van der Waals surface area contributed by atoms with Gasteiger partial charge >= 0.3 is 0 Å². The molecule has 6 aliphatic carbocycles. The average molecular weight is 383 g/mol. The predicted octanol–water partition coefficient (Wildman–Crippen LogP) is 3.22. The second-order valence-electron chi connectivity index (χ2n) is 10.1. The van der Waals surface area contributed by atoms with Crippen LogP contribution >= 0.6 is 0 Å². The number of aliphatic hydroxyl groups is 1. The van der Waals surface area contributed by atoms with Gasteiger partial charge < -0.3 is 5.11 Å². The Morgan fingerprint density at radius 2 is 1.89 bits per heavy atom. The van der Waals surface area contributed by atoms with E-state index < -0.39 is 5.60 Å². The zero-order valence-corrected chi connectivity index (χ0v) is 16.3. The Morgan fingerprint density at radius 3 is 2.50 bits per heavy atom. The van der Waals surface area contributed by atoms with Gasteiger partial charge in [-0.3, -0.25) is 9.63 Å². The quantitative estimate of drug-likeness (QED) is 0.790. The fraction of sp³-hybridized carbons (Fsp3) is 0.773. The predicted molar refractivity (Wildman–Crippen MR) is 101 cm³/mol. The van der Waals surface area contributed by atoms with Crippen LogP contribution in [0.25, 0.3) is 0 Å². The summed E-state index contributed by atoms with van der Waals surface area (Å²) in [7, 11) is 0. The van der Waals surface area contributed by atoms with Crippen LogP contribution < -0.4 is 0 Å². The molecule has 150 valence electrons. The maximum absolute atomic E-state index is 13.7. The molecule has 0 spiro atoms. The minimum absolute atomic E-state index is 0.0566. The number of amides is 1. The van der Waals surface area contributed by atoms with Gasteiger partial charge in [0.1, 0.15) is 6.33 Å². The van der Waals surface area contributed by atoms with Crippen LogP contribution in [0.5, 0.6) is 0 Å². The summed E-state index contributed by atoms with van der Waals surface area (Å²) in [4.78, 5) is 28.7. The fourth-order valence-corrected chi connectivity index (χ4v) is 6.53. The first-order valence-electron chi connectivity index (χ1n) is 11.1. The highest BCUT2D eigenvalue weighted by Crippen LogP contribution is 2.57. The van der Waals surface area contributed by atoms with Crippen molar-refractivity contribution in [3.63, 3.8) is 0 Å². The Hall–Kier alpha value is -1.53. The number of carbonyl (C=O) groups excluding carboxylic acids is 1. The highest BCUT2D eigenvalue weighted by molar-refractivity contribution is 5.94. The summed E-state index contributed by atoms with van der Waals surface area (Å²) in [5.41, 5.74) is 1.01. The SMILES string of the molecule is O=C(c1cncnc1C1CC1)N(OC1CCC1)[C@H]1C2CC3CC1C[C@@](O)(C3)C2. The Kier molecular flexibility index (Phi) is 3.86. The van der Waals surface area contributed by atoms with Crippen molar-refractivity contribution in [1.29, 1.82) is 0 Å². The fourth-order valence-electron chi connectivity index (χ4n) is 6.53. The Bertz CT molecular complexity index is 775. The highest BCUT2D eigenvalue weighted by Gasteiger charge is 2.57. The minimum atomic E-state index is -0.507. The van der Waals surface area contributed by atoms with Gasteiger partial charge in [0.05, 0.1) is 29.0 Å². The van der Waals surface area contributed by atoms with Crippen LogP contribution in [-0.2, 0) is 4.84 Å². The molecule has 6 nitrogen and oxygen atoms in total. The van der Waals surface area contributed by atoms with Gasteiger partial charge in [0.2, 0.25) is 0 Å². The van der Waals surface area contributed by atoms with Gasteiger partial charge in [0.25, 0.3) is 5.91 Å². The van der Waals surface area contributed by atoms with Gasteiger partial charge in [0, 0.05) is 12.1 Å².